The first-order chi connectivity index (χ1) is 10.8. The van der Waals surface area contributed by atoms with E-state index in [1.807, 2.05) is 37.3 Å². The van der Waals surface area contributed by atoms with Crippen molar-refractivity contribution in [3.63, 3.8) is 0 Å². The van der Waals surface area contributed by atoms with E-state index in [2.05, 4.69) is 4.72 Å². The van der Waals surface area contributed by atoms with E-state index in [-0.39, 0.29) is 6.04 Å². The molecular formula is C17H20N2O3S. The summed E-state index contributed by atoms with van der Waals surface area (Å²) in [5.74, 6) is 0.797. The van der Waals surface area contributed by atoms with Gasteiger partial charge in [-0.15, -0.1) is 0 Å². The number of nitrogens with one attached hydrogen (secondary N) is 1. The van der Waals surface area contributed by atoms with Crippen LogP contribution in [0.4, 0.5) is 5.69 Å². The summed E-state index contributed by atoms with van der Waals surface area (Å²) in [5, 5.41) is 0. The van der Waals surface area contributed by atoms with Crippen LogP contribution in [0.5, 0.6) is 5.75 Å². The van der Waals surface area contributed by atoms with Gasteiger partial charge in [-0.1, -0.05) is 24.3 Å². The Morgan fingerprint density at radius 2 is 2.00 bits per heavy atom. The minimum Gasteiger partial charge on any atom is -0.493 e. The molecule has 6 heteroatoms. The second-order valence-corrected chi connectivity index (χ2v) is 7.62. The third-order valence-corrected chi connectivity index (χ3v) is 4.56. The molecule has 1 aliphatic rings. The lowest BCUT2D eigenvalue weighted by atomic mass is 9.93. The summed E-state index contributed by atoms with van der Waals surface area (Å²) in [6, 6.07) is 11.4. The van der Waals surface area contributed by atoms with Crippen LogP contribution in [0.25, 0.3) is 11.1 Å². The summed E-state index contributed by atoms with van der Waals surface area (Å²) >= 11 is 0. The number of aryl methyl sites for hydroxylation is 1. The number of nitrogens with two attached hydrogens (primary N) is 1. The number of sulfonamides is 1. The molecule has 0 aromatic heterocycles. The van der Waals surface area contributed by atoms with Crippen LogP contribution < -0.4 is 15.2 Å². The van der Waals surface area contributed by atoms with Crippen LogP contribution in [0, 0.1) is 6.92 Å². The van der Waals surface area contributed by atoms with Gasteiger partial charge in [0.25, 0.3) is 0 Å². The molecule has 0 radical (unpaired) electrons. The van der Waals surface area contributed by atoms with Gasteiger partial charge in [0.05, 0.1) is 12.9 Å². The van der Waals surface area contributed by atoms with Gasteiger partial charge in [0.2, 0.25) is 10.0 Å². The van der Waals surface area contributed by atoms with E-state index in [9.17, 15) is 8.42 Å². The van der Waals surface area contributed by atoms with Gasteiger partial charge >= 0.3 is 0 Å². The number of ether oxygens (including phenoxy) is 1. The fourth-order valence-electron chi connectivity index (χ4n) is 2.85. The molecule has 1 unspecified atom stereocenters. The first kappa shape index (κ1) is 15.8. The minimum absolute atomic E-state index is 0.0312. The molecule has 0 aliphatic carbocycles. The summed E-state index contributed by atoms with van der Waals surface area (Å²) in [7, 11) is -3.32. The molecule has 3 rings (SSSR count). The van der Waals surface area contributed by atoms with Crippen molar-refractivity contribution in [2.45, 2.75) is 19.4 Å². The second kappa shape index (κ2) is 5.86. The molecule has 2 aromatic carbocycles. The highest BCUT2D eigenvalue weighted by molar-refractivity contribution is 7.92. The van der Waals surface area contributed by atoms with Gasteiger partial charge < -0.3 is 10.5 Å². The molecule has 0 fully saturated rings. The molecule has 122 valence electrons. The number of rotatable bonds is 3. The molecule has 3 N–H and O–H groups in total. The van der Waals surface area contributed by atoms with Gasteiger partial charge in [0.15, 0.2) is 0 Å². The lowest BCUT2D eigenvalue weighted by Crippen LogP contribution is -2.21. The standard InChI is InChI=1S/C17H20N2O3S/c1-11-6-7-12(19-23(2,20)21)10-15(11)13-4-3-5-14-16(18)8-9-22-17(13)14/h3-7,10,16,19H,8-9,18H2,1-2H3. The lowest BCUT2D eigenvalue weighted by molar-refractivity contribution is 0.270. The van der Waals surface area contributed by atoms with Gasteiger partial charge in [-0.3, -0.25) is 4.72 Å². The highest BCUT2D eigenvalue weighted by atomic mass is 32.2. The maximum absolute atomic E-state index is 11.5. The summed E-state index contributed by atoms with van der Waals surface area (Å²) in [6.45, 7) is 2.58. The van der Waals surface area contributed by atoms with E-state index in [0.29, 0.717) is 12.3 Å². The van der Waals surface area contributed by atoms with E-state index in [4.69, 9.17) is 10.5 Å². The molecule has 1 heterocycles. The molecule has 1 atom stereocenters. The molecule has 0 amide bonds. The van der Waals surface area contributed by atoms with Gasteiger partial charge in [0, 0.05) is 29.3 Å². The molecule has 0 saturated heterocycles. The number of hydrogen-bond donors (Lipinski definition) is 2. The molecular weight excluding hydrogens is 312 g/mol. The Balaban J connectivity index is 2.12. The fourth-order valence-corrected chi connectivity index (χ4v) is 3.41. The number of para-hydroxylation sites is 1. The van der Waals surface area contributed by atoms with Crippen LogP contribution in [-0.2, 0) is 10.0 Å². The Labute approximate surface area is 136 Å². The Morgan fingerprint density at radius 3 is 2.74 bits per heavy atom. The zero-order valence-corrected chi connectivity index (χ0v) is 14.0. The van der Waals surface area contributed by atoms with Crippen molar-refractivity contribution in [1.29, 1.82) is 0 Å². The van der Waals surface area contributed by atoms with E-state index < -0.39 is 10.0 Å². The maximum Gasteiger partial charge on any atom is 0.229 e. The van der Waals surface area contributed by atoms with Gasteiger partial charge in [-0.25, -0.2) is 8.42 Å². The molecule has 0 spiro atoms. The molecule has 0 saturated carbocycles. The number of fused-ring (bicyclic) bond motifs is 1. The average molecular weight is 332 g/mol. The van der Waals surface area contributed by atoms with E-state index in [1.165, 1.54) is 0 Å². The van der Waals surface area contributed by atoms with Crippen molar-refractivity contribution < 1.29 is 13.2 Å². The van der Waals surface area contributed by atoms with Crippen molar-refractivity contribution in [3.8, 4) is 16.9 Å². The fraction of sp³-hybridized carbons (Fsp3) is 0.294. The Bertz CT molecular complexity index is 847. The normalized spacial score (nSPS) is 17.3. The summed E-state index contributed by atoms with van der Waals surface area (Å²) < 4.78 is 31.3. The summed E-state index contributed by atoms with van der Waals surface area (Å²) in [5.41, 5.74) is 10.6. The number of anilines is 1. The van der Waals surface area contributed by atoms with Crippen LogP contribution in [0.1, 0.15) is 23.6 Å². The van der Waals surface area contributed by atoms with Gasteiger partial charge in [-0.2, -0.15) is 0 Å². The predicted octanol–water partition coefficient (Wildman–Crippen LogP) is 2.82. The number of hydrogen-bond acceptors (Lipinski definition) is 4. The zero-order chi connectivity index (χ0) is 16.6. The largest absolute Gasteiger partial charge is 0.493 e. The lowest BCUT2D eigenvalue weighted by Gasteiger charge is -2.25. The SMILES string of the molecule is Cc1ccc(NS(C)(=O)=O)cc1-c1cccc2c1OCCC2N. The average Bonchev–Trinajstić information content (AvgIpc) is 2.48. The monoisotopic (exact) mass is 332 g/mol. The first-order valence-electron chi connectivity index (χ1n) is 7.45. The molecule has 1 aliphatic heterocycles. The van der Waals surface area contributed by atoms with Crippen molar-refractivity contribution in [3.05, 3.63) is 47.5 Å². The zero-order valence-electron chi connectivity index (χ0n) is 13.2. The minimum atomic E-state index is -3.32. The Morgan fingerprint density at radius 1 is 1.22 bits per heavy atom. The molecule has 2 aromatic rings. The van der Waals surface area contributed by atoms with Gasteiger partial charge in [0.1, 0.15) is 5.75 Å². The van der Waals surface area contributed by atoms with Gasteiger partial charge in [-0.05, 0) is 30.2 Å². The summed E-state index contributed by atoms with van der Waals surface area (Å²) in [4.78, 5) is 0. The number of benzene rings is 2. The Hall–Kier alpha value is -2.05. The van der Waals surface area contributed by atoms with Crippen molar-refractivity contribution >= 4 is 15.7 Å². The first-order valence-corrected chi connectivity index (χ1v) is 9.34. The summed E-state index contributed by atoms with van der Waals surface area (Å²) in [6.07, 6.45) is 1.93. The van der Waals surface area contributed by atoms with E-state index >= 15 is 0 Å². The van der Waals surface area contributed by atoms with Crippen molar-refractivity contribution in [2.75, 3.05) is 17.6 Å². The molecule has 5 nitrogen and oxygen atoms in total. The van der Waals surface area contributed by atoms with Crippen molar-refractivity contribution in [2.24, 2.45) is 5.73 Å². The smallest absolute Gasteiger partial charge is 0.229 e. The quantitative estimate of drug-likeness (QED) is 0.905. The predicted molar refractivity (Wildman–Crippen MR) is 92.1 cm³/mol. The molecule has 23 heavy (non-hydrogen) atoms. The van der Waals surface area contributed by atoms with Crippen LogP contribution in [0.15, 0.2) is 36.4 Å². The van der Waals surface area contributed by atoms with E-state index in [1.54, 1.807) is 6.07 Å². The highest BCUT2D eigenvalue weighted by Crippen LogP contribution is 2.41. The van der Waals surface area contributed by atoms with Crippen molar-refractivity contribution in [1.82, 2.24) is 0 Å². The third kappa shape index (κ3) is 3.33. The third-order valence-electron chi connectivity index (χ3n) is 3.95. The van der Waals surface area contributed by atoms with Crippen LogP contribution >= 0.6 is 0 Å². The maximum atomic E-state index is 11.5. The van der Waals surface area contributed by atoms with Crippen LogP contribution in [0.2, 0.25) is 0 Å². The Kier molecular flexibility index (Phi) is 4.04. The topological polar surface area (TPSA) is 81.4 Å². The second-order valence-electron chi connectivity index (χ2n) is 5.87. The highest BCUT2D eigenvalue weighted by Gasteiger charge is 2.22. The molecule has 0 bridgehead atoms. The van der Waals surface area contributed by atoms with E-state index in [0.717, 1.165) is 40.7 Å². The van der Waals surface area contributed by atoms with Crippen LogP contribution in [-0.4, -0.2) is 21.3 Å². The van der Waals surface area contributed by atoms with Crippen LogP contribution in [0.3, 0.4) is 0 Å².